The summed E-state index contributed by atoms with van der Waals surface area (Å²) in [4.78, 5) is 4.64. The molecule has 0 bridgehead atoms. The highest BCUT2D eigenvalue weighted by atomic mass is 19.4. The van der Waals surface area contributed by atoms with Crippen LogP contribution in [-0.2, 0) is 12.6 Å². The highest BCUT2D eigenvalue weighted by Crippen LogP contribution is 2.35. The maximum Gasteiger partial charge on any atom is 0.416 e. The van der Waals surface area contributed by atoms with Crippen molar-refractivity contribution >= 4 is 0 Å². The maximum absolute atomic E-state index is 13.7. The fourth-order valence-electron chi connectivity index (χ4n) is 5.47. The Bertz CT molecular complexity index is 1360. The number of alkyl halides is 3. The van der Waals surface area contributed by atoms with Gasteiger partial charge in [0.25, 0.3) is 0 Å². The first-order valence-corrected chi connectivity index (χ1v) is 13.3. The molecule has 1 fully saturated rings. The van der Waals surface area contributed by atoms with Crippen LogP contribution in [0.5, 0.6) is 0 Å². The van der Waals surface area contributed by atoms with Gasteiger partial charge in [0.05, 0.1) is 17.3 Å². The highest BCUT2D eigenvalue weighted by molar-refractivity contribution is 5.47. The van der Waals surface area contributed by atoms with Gasteiger partial charge in [-0.2, -0.15) is 17.9 Å². The van der Waals surface area contributed by atoms with Crippen molar-refractivity contribution in [3.05, 3.63) is 106 Å². The van der Waals surface area contributed by atoms with E-state index in [1.54, 1.807) is 10.7 Å². The molecule has 1 saturated heterocycles. The van der Waals surface area contributed by atoms with Crippen LogP contribution in [0.15, 0.2) is 72.8 Å². The van der Waals surface area contributed by atoms with Crippen LogP contribution < -0.4 is 0 Å². The van der Waals surface area contributed by atoms with Crippen molar-refractivity contribution in [3.63, 3.8) is 0 Å². The summed E-state index contributed by atoms with van der Waals surface area (Å²) in [5.41, 5.74) is 4.04. The molecular formula is C30H33F3N6. The molecule has 6 nitrogen and oxygen atoms in total. The van der Waals surface area contributed by atoms with Crippen LogP contribution >= 0.6 is 0 Å². The van der Waals surface area contributed by atoms with Gasteiger partial charge in [-0.3, -0.25) is 4.90 Å². The highest BCUT2D eigenvalue weighted by Gasteiger charge is 2.35. The zero-order valence-corrected chi connectivity index (χ0v) is 22.3. The molecule has 0 spiro atoms. The minimum Gasteiger partial charge on any atom is -0.301 e. The molecule has 4 aromatic rings. The Morgan fingerprint density at radius 2 is 1.54 bits per heavy atom. The smallest absolute Gasteiger partial charge is 0.301 e. The number of aryl methyl sites for hydroxylation is 3. The maximum atomic E-state index is 13.7. The average molecular weight is 535 g/mol. The second-order valence-electron chi connectivity index (χ2n) is 10.2. The molecule has 0 saturated carbocycles. The molecule has 0 unspecified atom stereocenters. The average Bonchev–Trinajstić information content (AvgIpc) is 3.39. The predicted octanol–water partition coefficient (Wildman–Crippen LogP) is 5.64. The summed E-state index contributed by atoms with van der Waals surface area (Å²) in [6, 6.07) is 21.4. The van der Waals surface area contributed by atoms with E-state index in [2.05, 4.69) is 49.6 Å². The first-order chi connectivity index (χ1) is 18.8. The molecule has 0 amide bonds. The third kappa shape index (κ3) is 6.20. The minimum absolute atomic E-state index is 0.518. The van der Waals surface area contributed by atoms with Crippen LogP contribution in [0.25, 0.3) is 5.69 Å². The number of aromatic nitrogens is 4. The molecule has 5 rings (SSSR count). The van der Waals surface area contributed by atoms with Gasteiger partial charge in [0.2, 0.25) is 0 Å². The van der Waals surface area contributed by atoms with E-state index >= 15 is 0 Å². The molecule has 1 aliphatic heterocycles. The summed E-state index contributed by atoms with van der Waals surface area (Å²) in [5, 5.41) is 12.7. The van der Waals surface area contributed by atoms with E-state index in [1.807, 2.05) is 38.1 Å². The van der Waals surface area contributed by atoms with Crippen LogP contribution in [0.4, 0.5) is 13.2 Å². The zero-order valence-electron chi connectivity index (χ0n) is 22.3. The van der Waals surface area contributed by atoms with Crippen molar-refractivity contribution in [2.75, 3.05) is 32.7 Å². The van der Waals surface area contributed by atoms with Gasteiger partial charge in [-0.05, 0) is 78.0 Å². The SMILES string of the molecule is Cc1cccc(C)c1-n1nnnc1[C@H](c1cccc(C(F)(F)F)c1)N1CCN(CCCc2ccccc2)CC1. The molecule has 3 aromatic carbocycles. The van der Waals surface area contributed by atoms with Crippen LogP contribution in [0.1, 0.15) is 46.1 Å². The summed E-state index contributed by atoms with van der Waals surface area (Å²) in [5.74, 6) is 0.518. The Morgan fingerprint density at radius 1 is 0.846 bits per heavy atom. The molecule has 0 N–H and O–H groups in total. The number of benzene rings is 3. The standard InChI is InChI=1S/C30H33F3N6/c1-22-9-6-10-23(2)27(22)39-29(34-35-36-39)28(25-14-7-15-26(21-25)30(31,32)33)38-19-17-37(18-20-38)16-8-13-24-11-4-3-5-12-24/h3-7,9-12,14-15,21,28H,8,13,16-20H2,1-2H3/t28-/m0/s1. The molecule has 0 radical (unpaired) electrons. The van der Waals surface area contributed by atoms with Crippen molar-refractivity contribution in [2.24, 2.45) is 0 Å². The number of para-hydroxylation sites is 1. The second-order valence-corrected chi connectivity index (χ2v) is 10.2. The lowest BCUT2D eigenvalue weighted by molar-refractivity contribution is -0.137. The van der Waals surface area contributed by atoms with E-state index in [0.29, 0.717) is 24.5 Å². The number of tetrazole rings is 1. The van der Waals surface area contributed by atoms with Crippen molar-refractivity contribution in [1.29, 1.82) is 0 Å². The number of halogens is 3. The Labute approximate surface area is 227 Å². The van der Waals surface area contributed by atoms with Gasteiger partial charge in [-0.25, -0.2) is 0 Å². The van der Waals surface area contributed by atoms with Gasteiger partial charge in [0.15, 0.2) is 5.82 Å². The Balaban J connectivity index is 1.41. The lowest BCUT2D eigenvalue weighted by Gasteiger charge is -2.39. The zero-order chi connectivity index (χ0) is 27.4. The summed E-state index contributed by atoms with van der Waals surface area (Å²) in [6.07, 6.45) is -2.35. The summed E-state index contributed by atoms with van der Waals surface area (Å²) < 4.78 is 42.8. The van der Waals surface area contributed by atoms with E-state index in [-0.39, 0.29) is 0 Å². The van der Waals surface area contributed by atoms with E-state index in [1.165, 1.54) is 17.7 Å². The van der Waals surface area contributed by atoms with Crippen LogP contribution in [0.2, 0.25) is 0 Å². The van der Waals surface area contributed by atoms with Gasteiger partial charge in [0.1, 0.15) is 0 Å². The lowest BCUT2D eigenvalue weighted by atomic mass is 10.00. The summed E-state index contributed by atoms with van der Waals surface area (Å²) >= 11 is 0. The first kappa shape index (κ1) is 27.0. The predicted molar refractivity (Wildman–Crippen MR) is 145 cm³/mol. The van der Waals surface area contributed by atoms with Gasteiger partial charge >= 0.3 is 6.18 Å². The van der Waals surface area contributed by atoms with Crippen molar-refractivity contribution in [2.45, 2.75) is 38.9 Å². The monoisotopic (exact) mass is 534 g/mol. The van der Waals surface area contributed by atoms with E-state index < -0.39 is 17.8 Å². The number of hydrogen-bond donors (Lipinski definition) is 0. The number of rotatable bonds is 8. The van der Waals surface area contributed by atoms with Crippen molar-refractivity contribution < 1.29 is 13.2 Å². The second kappa shape index (κ2) is 11.7. The van der Waals surface area contributed by atoms with Crippen LogP contribution in [0.3, 0.4) is 0 Å². The molecule has 204 valence electrons. The number of nitrogens with zero attached hydrogens (tertiary/aromatic N) is 6. The summed E-state index contributed by atoms with van der Waals surface area (Å²) in [6.45, 7) is 8.02. The van der Waals surface area contributed by atoms with Crippen LogP contribution in [0, 0.1) is 13.8 Å². The first-order valence-electron chi connectivity index (χ1n) is 13.3. The molecule has 0 aliphatic carbocycles. The molecule has 9 heteroatoms. The van der Waals surface area contributed by atoms with E-state index in [4.69, 9.17) is 0 Å². The largest absolute Gasteiger partial charge is 0.416 e. The lowest BCUT2D eigenvalue weighted by Crippen LogP contribution is -2.48. The fraction of sp³-hybridized carbons (Fsp3) is 0.367. The Morgan fingerprint density at radius 3 is 2.23 bits per heavy atom. The molecule has 1 aromatic heterocycles. The Hall–Kier alpha value is -3.56. The quantitative estimate of drug-likeness (QED) is 0.293. The fourth-order valence-corrected chi connectivity index (χ4v) is 5.47. The third-order valence-electron chi connectivity index (χ3n) is 7.47. The van der Waals surface area contributed by atoms with E-state index in [9.17, 15) is 13.2 Å². The molecular weight excluding hydrogens is 501 g/mol. The molecule has 39 heavy (non-hydrogen) atoms. The Kier molecular flexibility index (Phi) is 8.09. The van der Waals surface area contributed by atoms with Gasteiger partial charge in [0, 0.05) is 26.2 Å². The van der Waals surface area contributed by atoms with Crippen molar-refractivity contribution in [1.82, 2.24) is 30.0 Å². The molecule has 1 atom stereocenters. The number of piperazine rings is 1. The van der Waals surface area contributed by atoms with Crippen LogP contribution in [-0.4, -0.2) is 62.7 Å². The normalized spacial score (nSPS) is 15.9. The molecule has 2 heterocycles. The third-order valence-corrected chi connectivity index (χ3v) is 7.47. The molecule has 1 aliphatic rings. The summed E-state index contributed by atoms with van der Waals surface area (Å²) in [7, 11) is 0. The van der Waals surface area contributed by atoms with Gasteiger partial charge in [-0.1, -0.05) is 60.7 Å². The topological polar surface area (TPSA) is 50.1 Å². The van der Waals surface area contributed by atoms with E-state index in [0.717, 1.165) is 55.4 Å². The van der Waals surface area contributed by atoms with Gasteiger partial charge in [-0.15, -0.1) is 5.10 Å². The van der Waals surface area contributed by atoms with Crippen molar-refractivity contribution in [3.8, 4) is 5.69 Å². The minimum atomic E-state index is -4.43. The van der Waals surface area contributed by atoms with Gasteiger partial charge < -0.3 is 4.90 Å². The number of hydrogen-bond acceptors (Lipinski definition) is 5.